The average molecular weight is 255 g/mol. The monoisotopic (exact) mass is 254 g/mol. The lowest BCUT2D eigenvalue weighted by Crippen LogP contribution is -1.96. The molecular weight excluding hydrogens is 244 g/mol. The second-order valence-corrected chi connectivity index (χ2v) is 4.01. The molecule has 86 valence electrons. The summed E-state index contributed by atoms with van der Waals surface area (Å²) in [6.45, 7) is 0. The summed E-state index contributed by atoms with van der Waals surface area (Å²) in [7, 11) is -4.09. The van der Waals surface area contributed by atoms with E-state index >= 15 is 0 Å². The first-order chi connectivity index (χ1) is 6.04. The van der Waals surface area contributed by atoms with Gasteiger partial charge in [-0.15, -0.1) is 0 Å². The Bertz CT molecular complexity index is 409. The maximum absolute atomic E-state index is 10.6. The third-order valence-electron chi connectivity index (χ3n) is 1.43. The van der Waals surface area contributed by atoms with Crippen LogP contribution in [0.15, 0.2) is 34.7 Å². The molecule has 0 bridgehead atoms. The van der Waals surface area contributed by atoms with Gasteiger partial charge in [0, 0.05) is 5.54 Å². The summed E-state index contributed by atoms with van der Waals surface area (Å²) in [5.74, 6) is 0. The summed E-state index contributed by atoms with van der Waals surface area (Å²) >= 11 is 5.32. The zero-order valence-electron chi connectivity index (χ0n) is 7.51. The van der Waals surface area contributed by atoms with Gasteiger partial charge in [0.1, 0.15) is 0 Å². The predicted molar refractivity (Wildman–Crippen MR) is 58.4 cm³/mol. The van der Waals surface area contributed by atoms with Gasteiger partial charge in [0.15, 0.2) is 0 Å². The molecule has 0 radical (unpaired) electrons. The molecule has 5 N–H and O–H groups in total. The van der Waals surface area contributed by atoms with Gasteiger partial charge in [-0.2, -0.15) is 8.42 Å². The van der Waals surface area contributed by atoms with E-state index < -0.39 is 10.1 Å². The summed E-state index contributed by atoms with van der Waals surface area (Å²) in [6.07, 6.45) is 1.61. The molecule has 0 saturated heterocycles. The Hall–Kier alpha value is -0.920. The van der Waals surface area contributed by atoms with Crippen molar-refractivity contribution >= 4 is 27.8 Å². The van der Waals surface area contributed by atoms with E-state index in [4.69, 9.17) is 16.2 Å². The van der Waals surface area contributed by atoms with Crippen LogP contribution in [0.3, 0.4) is 0 Å². The van der Waals surface area contributed by atoms with E-state index in [2.05, 4.69) is 0 Å². The van der Waals surface area contributed by atoms with Crippen molar-refractivity contribution in [2.45, 2.75) is 4.90 Å². The zero-order chi connectivity index (χ0) is 9.90. The van der Waals surface area contributed by atoms with Crippen LogP contribution in [-0.2, 0) is 10.1 Å². The highest BCUT2D eigenvalue weighted by Gasteiger charge is 2.07. The molecule has 0 aliphatic carbocycles. The largest absolute Gasteiger partial charge is 0.412 e. The van der Waals surface area contributed by atoms with Gasteiger partial charge in [0.05, 0.1) is 4.90 Å². The topological polar surface area (TPSA) is 117 Å². The smallest absolute Gasteiger partial charge is 0.294 e. The molecule has 0 aliphatic rings. The summed E-state index contributed by atoms with van der Waals surface area (Å²) < 4.78 is 29.9. The minimum Gasteiger partial charge on any atom is -0.412 e. The van der Waals surface area contributed by atoms with Crippen molar-refractivity contribution < 1.29 is 23.9 Å². The number of halogens is 1. The highest BCUT2D eigenvalue weighted by atomic mass is 35.5. The highest BCUT2D eigenvalue weighted by molar-refractivity contribution is 7.85. The van der Waals surface area contributed by atoms with Crippen LogP contribution >= 0.6 is 11.6 Å². The Morgan fingerprint density at radius 2 is 1.60 bits per heavy atom. The molecule has 5 nitrogen and oxygen atoms in total. The van der Waals surface area contributed by atoms with Crippen molar-refractivity contribution in [2.75, 3.05) is 0 Å². The van der Waals surface area contributed by atoms with Crippen molar-refractivity contribution in [3.05, 3.63) is 35.4 Å². The molecule has 0 aromatic heterocycles. The maximum atomic E-state index is 10.6. The standard InChI is InChI=1S/C8H7ClO3S.2H2O/c9-6-5-7-1-3-8(4-2-7)13(10,11)12;;/h1-6H,(H,10,11,12);2*1H2. The van der Waals surface area contributed by atoms with E-state index in [9.17, 15) is 8.42 Å². The molecule has 0 heterocycles. The fraction of sp³-hybridized carbons (Fsp3) is 0. The lowest BCUT2D eigenvalue weighted by Gasteiger charge is -1.96. The van der Waals surface area contributed by atoms with Crippen LogP contribution in [0.4, 0.5) is 0 Å². The minimum atomic E-state index is -4.09. The molecule has 0 amide bonds. The van der Waals surface area contributed by atoms with Gasteiger partial charge in [-0.05, 0) is 23.8 Å². The number of hydrogen-bond acceptors (Lipinski definition) is 2. The second-order valence-electron chi connectivity index (χ2n) is 2.34. The first-order valence-corrected chi connectivity index (χ1v) is 5.26. The van der Waals surface area contributed by atoms with E-state index in [-0.39, 0.29) is 15.8 Å². The number of benzene rings is 1. The minimum absolute atomic E-state index is 0. The summed E-state index contributed by atoms with van der Waals surface area (Å²) in [5, 5.41) is 0. The third kappa shape index (κ3) is 4.91. The van der Waals surface area contributed by atoms with Crippen molar-refractivity contribution in [3.8, 4) is 0 Å². The van der Waals surface area contributed by atoms with Gasteiger partial charge in [0.25, 0.3) is 10.1 Å². The summed E-state index contributed by atoms with van der Waals surface area (Å²) in [4.78, 5) is -0.126. The first-order valence-electron chi connectivity index (χ1n) is 3.38. The van der Waals surface area contributed by atoms with Gasteiger partial charge in [0.2, 0.25) is 0 Å². The third-order valence-corrected chi connectivity index (χ3v) is 2.43. The van der Waals surface area contributed by atoms with E-state index in [1.807, 2.05) is 0 Å². The van der Waals surface area contributed by atoms with Crippen LogP contribution in [0.1, 0.15) is 5.56 Å². The van der Waals surface area contributed by atoms with Gasteiger partial charge in [-0.3, -0.25) is 4.55 Å². The Balaban J connectivity index is 0. The van der Waals surface area contributed by atoms with Crippen LogP contribution in [0.25, 0.3) is 6.08 Å². The van der Waals surface area contributed by atoms with Gasteiger partial charge in [-0.1, -0.05) is 23.7 Å². The quantitative estimate of drug-likeness (QED) is 0.774. The number of hydrogen-bond donors (Lipinski definition) is 1. The molecule has 0 aliphatic heterocycles. The van der Waals surface area contributed by atoms with Crippen molar-refractivity contribution in [1.29, 1.82) is 0 Å². The van der Waals surface area contributed by atoms with Crippen LogP contribution in [0.2, 0.25) is 0 Å². The Labute approximate surface area is 92.4 Å². The van der Waals surface area contributed by atoms with E-state index in [1.165, 1.54) is 17.7 Å². The molecular formula is C8H11ClO5S. The van der Waals surface area contributed by atoms with E-state index in [0.29, 0.717) is 0 Å². The summed E-state index contributed by atoms with van der Waals surface area (Å²) in [6, 6.07) is 5.70. The Morgan fingerprint density at radius 1 is 1.13 bits per heavy atom. The predicted octanol–water partition coefficient (Wildman–Crippen LogP) is 0.493. The van der Waals surface area contributed by atoms with Gasteiger partial charge < -0.3 is 11.0 Å². The Kier molecular flexibility index (Phi) is 7.20. The van der Waals surface area contributed by atoms with Crippen molar-refractivity contribution in [3.63, 3.8) is 0 Å². The van der Waals surface area contributed by atoms with Crippen molar-refractivity contribution in [1.82, 2.24) is 0 Å². The molecule has 7 heteroatoms. The van der Waals surface area contributed by atoms with Crippen LogP contribution in [0.5, 0.6) is 0 Å². The van der Waals surface area contributed by atoms with E-state index in [1.54, 1.807) is 18.2 Å². The van der Waals surface area contributed by atoms with Crippen LogP contribution < -0.4 is 0 Å². The molecule has 1 aromatic carbocycles. The van der Waals surface area contributed by atoms with Gasteiger partial charge >= 0.3 is 0 Å². The van der Waals surface area contributed by atoms with Crippen LogP contribution in [0, 0.1) is 0 Å². The highest BCUT2D eigenvalue weighted by Crippen LogP contribution is 2.11. The summed E-state index contributed by atoms with van der Waals surface area (Å²) in [5.41, 5.74) is 2.09. The molecule has 0 unspecified atom stereocenters. The normalized spacial score (nSPS) is 10.5. The lowest BCUT2D eigenvalue weighted by atomic mass is 10.2. The fourth-order valence-electron chi connectivity index (χ4n) is 0.824. The first kappa shape index (κ1) is 16.5. The maximum Gasteiger partial charge on any atom is 0.294 e. The fourth-order valence-corrected chi connectivity index (χ4v) is 1.45. The SMILES string of the molecule is O.O.O=S(=O)(O)c1ccc(C=CCl)cc1. The van der Waals surface area contributed by atoms with Crippen molar-refractivity contribution in [2.24, 2.45) is 0 Å². The Morgan fingerprint density at radius 3 is 1.93 bits per heavy atom. The molecule has 0 saturated carbocycles. The molecule has 0 fully saturated rings. The molecule has 1 aromatic rings. The lowest BCUT2D eigenvalue weighted by molar-refractivity contribution is 0.483. The average Bonchev–Trinajstić information content (AvgIpc) is 2.04. The molecule has 0 atom stereocenters. The molecule has 15 heavy (non-hydrogen) atoms. The molecule has 1 rings (SSSR count). The van der Waals surface area contributed by atoms with Gasteiger partial charge in [-0.25, -0.2) is 0 Å². The van der Waals surface area contributed by atoms with Crippen LogP contribution in [-0.4, -0.2) is 23.9 Å². The van der Waals surface area contributed by atoms with E-state index in [0.717, 1.165) is 5.56 Å². The molecule has 0 spiro atoms. The number of rotatable bonds is 2. The second kappa shape index (κ2) is 6.54. The zero-order valence-corrected chi connectivity index (χ0v) is 9.09.